The molecule has 2 aromatic rings. The molecular formula is C24H33IN4O2S. The summed E-state index contributed by atoms with van der Waals surface area (Å²) in [7, 11) is 0. The third-order valence-corrected chi connectivity index (χ3v) is 6.74. The van der Waals surface area contributed by atoms with Gasteiger partial charge in [0.2, 0.25) is 5.91 Å². The number of carbonyl (C=O) groups is 1. The van der Waals surface area contributed by atoms with Gasteiger partial charge in [0.15, 0.2) is 5.96 Å². The van der Waals surface area contributed by atoms with Crippen LogP contribution in [-0.2, 0) is 24.3 Å². The summed E-state index contributed by atoms with van der Waals surface area (Å²) in [4.78, 5) is 20.8. The first-order valence-corrected chi connectivity index (χ1v) is 12.1. The minimum absolute atomic E-state index is 0. The number of fused-ring (bicyclic) bond motifs is 1. The standard InChI is InChI=1S/C24H32N4O2S.HI/c1-3-25-24(27-14-23(29)28-10-8-22-20(15-28)9-11-31-22)26-13-19-7-4-17(2)12-21(19)30-16-18-5-6-18;/h4,7,9,11-12,18H,3,5-6,8,10,13-16H2,1-2H3,(H2,25,26,27);1H. The molecule has 8 heteroatoms. The lowest BCUT2D eigenvalue weighted by atomic mass is 10.1. The predicted molar refractivity (Wildman–Crippen MR) is 141 cm³/mol. The van der Waals surface area contributed by atoms with Crippen LogP contribution in [0.3, 0.4) is 0 Å². The van der Waals surface area contributed by atoms with Crippen molar-refractivity contribution in [2.45, 2.75) is 46.2 Å². The zero-order valence-electron chi connectivity index (χ0n) is 18.9. The highest BCUT2D eigenvalue weighted by molar-refractivity contribution is 14.0. The molecule has 32 heavy (non-hydrogen) atoms. The number of guanidine groups is 1. The van der Waals surface area contributed by atoms with Gasteiger partial charge in [0.05, 0.1) is 19.7 Å². The van der Waals surface area contributed by atoms with Gasteiger partial charge in [-0.15, -0.1) is 35.3 Å². The minimum atomic E-state index is 0. The summed E-state index contributed by atoms with van der Waals surface area (Å²) in [6.07, 6.45) is 3.49. The lowest BCUT2D eigenvalue weighted by Gasteiger charge is -2.27. The number of benzene rings is 1. The lowest BCUT2D eigenvalue weighted by molar-refractivity contribution is -0.130. The lowest BCUT2D eigenvalue weighted by Crippen LogP contribution is -2.45. The molecule has 0 bridgehead atoms. The maximum absolute atomic E-state index is 12.7. The molecule has 1 aliphatic heterocycles. The highest BCUT2D eigenvalue weighted by Crippen LogP contribution is 2.31. The normalized spacial score (nSPS) is 15.6. The van der Waals surface area contributed by atoms with Gasteiger partial charge in [-0.2, -0.15) is 0 Å². The summed E-state index contributed by atoms with van der Waals surface area (Å²) in [5, 5.41) is 8.56. The summed E-state index contributed by atoms with van der Waals surface area (Å²) in [5.41, 5.74) is 3.53. The minimum Gasteiger partial charge on any atom is -0.493 e. The van der Waals surface area contributed by atoms with Crippen LogP contribution in [0.25, 0.3) is 0 Å². The molecule has 6 nitrogen and oxygen atoms in total. The van der Waals surface area contributed by atoms with Crippen LogP contribution in [0.5, 0.6) is 5.75 Å². The molecule has 1 saturated carbocycles. The molecule has 0 unspecified atom stereocenters. The van der Waals surface area contributed by atoms with Gasteiger partial charge in [0.1, 0.15) is 5.75 Å². The number of aliphatic imine (C=N–C) groups is 1. The monoisotopic (exact) mass is 568 g/mol. The molecule has 174 valence electrons. The van der Waals surface area contributed by atoms with Crippen LogP contribution in [0.1, 0.15) is 41.3 Å². The first-order valence-electron chi connectivity index (χ1n) is 11.2. The highest BCUT2D eigenvalue weighted by atomic mass is 127. The van der Waals surface area contributed by atoms with Crippen LogP contribution < -0.4 is 15.4 Å². The maximum Gasteiger partial charge on any atom is 0.242 e. The first kappa shape index (κ1) is 24.8. The fourth-order valence-electron chi connectivity index (χ4n) is 3.66. The second-order valence-electron chi connectivity index (χ2n) is 8.35. The van der Waals surface area contributed by atoms with Crippen molar-refractivity contribution in [2.75, 3.05) is 26.2 Å². The number of hydrogen-bond acceptors (Lipinski definition) is 4. The van der Waals surface area contributed by atoms with Crippen LogP contribution in [-0.4, -0.2) is 43.0 Å². The third kappa shape index (κ3) is 6.84. The summed E-state index contributed by atoms with van der Waals surface area (Å²) in [6.45, 7) is 7.86. The first-order chi connectivity index (χ1) is 15.1. The number of carbonyl (C=O) groups excluding carboxylic acids is 1. The Kier molecular flexibility index (Phi) is 9.22. The molecule has 0 saturated heterocycles. The van der Waals surface area contributed by atoms with Gasteiger partial charge in [-0.05, 0) is 67.7 Å². The molecule has 1 aliphatic carbocycles. The molecule has 0 atom stereocenters. The fourth-order valence-corrected chi connectivity index (χ4v) is 4.55. The van der Waals surface area contributed by atoms with Gasteiger partial charge in [0.25, 0.3) is 0 Å². The zero-order chi connectivity index (χ0) is 21.6. The average Bonchev–Trinajstić information content (AvgIpc) is 3.49. The van der Waals surface area contributed by atoms with E-state index in [-0.39, 0.29) is 36.4 Å². The zero-order valence-corrected chi connectivity index (χ0v) is 22.0. The molecule has 4 rings (SSSR count). The number of hydrogen-bond donors (Lipinski definition) is 2. The van der Waals surface area contributed by atoms with E-state index in [4.69, 9.17) is 9.73 Å². The molecule has 2 aliphatic rings. The Hall–Kier alpha value is -1.81. The number of aryl methyl sites for hydroxylation is 1. The van der Waals surface area contributed by atoms with Crippen LogP contribution in [0.4, 0.5) is 0 Å². The number of halogens is 1. The number of nitrogens with one attached hydrogen (secondary N) is 2. The highest BCUT2D eigenvalue weighted by Gasteiger charge is 2.23. The third-order valence-electron chi connectivity index (χ3n) is 5.71. The molecule has 1 amide bonds. The van der Waals surface area contributed by atoms with E-state index in [9.17, 15) is 4.79 Å². The van der Waals surface area contributed by atoms with Crippen LogP contribution >= 0.6 is 35.3 Å². The summed E-state index contributed by atoms with van der Waals surface area (Å²) >= 11 is 1.79. The molecule has 2 heterocycles. The second-order valence-corrected chi connectivity index (χ2v) is 9.35. The van der Waals surface area contributed by atoms with Crippen molar-refractivity contribution in [1.29, 1.82) is 0 Å². The Morgan fingerprint density at radius 3 is 2.91 bits per heavy atom. The van der Waals surface area contributed by atoms with Gasteiger partial charge >= 0.3 is 0 Å². The van der Waals surface area contributed by atoms with Crippen molar-refractivity contribution >= 4 is 47.2 Å². The average molecular weight is 569 g/mol. The molecule has 0 spiro atoms. The van der Waals surface area contributed by atoms with Crippen molar-refractivity contribution in [3.8, 4) is 5.75 Å². The number of nitrogens with zero attached hydrogens (tertiary/aromatic N) is 2. The topological polar surface area (TPSA) is 66.0 Å². The molecule has 2 N–H and O–H groups in total. The van der Waals surface area contributed by atoms with E-state index in [0.29, 0.717) is 25.0 Å². The van der Waals surface area contributed by atoms with E-state index in [1.54, 1.807) is 11.3 Å². The number of ether oxygens (including phenoxy) is 1. The van der Waals surface area contributed by atoms with Crippen molar-refractivity contribution in [3.05, 3.63) is 51.2 Å². The number of rotatable bonds is 8. The summed E-state index contributed by atoms with van der Waals surface area (Å²) in [6, 6.07) is 8.39. The molecule has 1 aromatic carbocycles. The Morgan fingerprint density at radius 1 is 1.28 bits per heavy atom. The molecule has 0 radical (unpaired) electrons. The van der Waals surface area contributed by atoms with Crippen molar-refractivity contribution < 1.29 is 9.53 Å². The Morgan fingerprint density at radius 2 is 2.12 bits per heavy atom. The molecule has 1 fully saturated rings. The second kappa shape index (κ2) is 11.9. The van der Waals surface area contributed by atoms with Gasteiger partial charge in [-0.3, -0.25) is 4.79 Å². The van der Waals surface area contributed by atoms with Gasteiger partial charge in [-0.25, -0.2) is 4.99 Å². The van der Waals surface area contributed by atoms with Gasteiger partial charge in [0, 0.05) is 30.1 Å². The summed E-state index contributed by atoms with van der Waals surface area (Å²) in [5.74, 6) is 2.38. The fraction of sp³-hybridized carbons (Fsp3) is 0.500. The van der Waals surface area contributed by atoms with Crippen LogP contribution in [0, 0.1) is 12.8 Å². The van der Waals surface area contributed by atoms with E-state index in [1.165, 1.54) is 28.8 Å². The summed E-state index contributed by atoms with van der Waals surface area (Å²) < 4.78 is 6.06. The SMILES string of the molecule is CCNC(=NCc1ccc(C)cc1OCC1CC1)NCC(=O)N1CCc2sccc2C1.I. The van der Waals surface area contributed by atoms with E-state index < -0.39 is 0 Å². The van der Waals surface area contributed by atoms with E-state index in [0.717, 1.165) is 37.4 Å². The smallest absolute Gasteiger partial charge is 0.242 e. The number of thiophene rings is 1. The Labute approximate surface area is 211 Å². The van der Waals surface area contributed by atoms with Crippen LogP contribution in [0.15, 0.2) is 34.6 Å². The van der Waals surface area contributed by atoms with Crippen molar-refractivity contribution in [1.82, 2.24) is 15.5 Å². The molecular weight excluding hydrogens is 535 g/mol. The van der Waals surface area contributed by atoms with E-state index in [1.807, 2.05) is 11.8 Å². The number of amides is 1. The quantitative estimate of drug-likeness (QED) is 0.286. The van der Waals surface area contributed by atoms with E-state index in [2.05, 4.69) is 47.2 Å². The van der Waals surface area contributed by atoms with Crippen molar-refractivity contribution in [2.24, 2.45) is 10.9 Å². The Bertz CT molecular complexity index is 942. The largest absolute Gasteiger partial charge is 0.493 e. The Balaban J connectivity index is 0.00000289. The van der Waals surface area contributed by atoms with Gasteiger partial charge < -0.3 is 20.3 Å². The van der Waals surface area contributed by atoms with Gasteiger partial charge in [-0.1, -0.05) is 12.1 Å². The van der Waals surface area contributed by atoms with E-state index >= 15 is 0 Å². The molecule has 1 aromatic heterocycles. The maximum atomic E-state index is 12.7. The predicted octanol–water partition coefficient (Wildman–Crippen LogP) is 4.10. The van der Waals surface area contributed by atoms with Crippen molar-refractivity contribution in [3.63, 3.8) is 0 Å². The van der Waals surface area contributed by atoms with Crippen LogP contribution in [0.2, 0.25) is 0 Å².